The Morgan fingerprint density at radius 1 is 1.07 bits per heavy atom. The molecule has 0 unspecified atom stereocenters. The number of likely N-dealkylation sites (N-methyl/N-ethyl adjacent to an activating group) is 1. The molecule has 6 nitrogen and oxygen atoms in total. The normalized spacial score (nSPS) is 10.7. The van der Waals surface area contributed by atoms with Gasteiger partial charge in [-0.05, 0) is 31.3 Å². The Kier molecular flexibility index (Phi) is 8.60. The van der Waals surface area contributed by atoms with E-state index < -0.39 is 0 Å². The minimum Gasteiger partial charge on any atom is -0.378 e. The molecule has 0 aliphatic rings. The molecule has 0 spiro atoms. The molecule has 1 amide bonds. The zero-order chi connectivity index (χ0) is 19.8. The smallest absolute Gasteiger partial charge is 0.269 e. The van der Waals surface area contributed by atoms with Crippen LogP contribution in [0, 0.1) is 0 Å². The predicted molar refractivity (Wildman–Crippen MR) is 111 cm³/mol. The van der Waals surface area contributed by atoms with Crippen LogP contribution >= 0.6 is 34.8 Å². The molecule has 2 aromatic rings. The number of benzene rings is 1. The van der Waals surface area contributed by atoms with Gasteiger partial charge in [0.2, 0.25) is 0 Å². The SMILES string of the molecule is CNCCOCCNc1nc(C(=O)NC)ccc1-c1cc(Cl)cc(Cl)c1Cl. The molecule has 0 bridgehead atoms. The number of nitrogens with zero attached hydrogens (tertiary/aromatic N) is 1. The molecule has 9 heteroatoms. The standard InChI is InChI=1S/C18H21Cl3N4O2/c1-22-5-7-27-8-6-24-17-12(3-4-15(25-17)18(26)23-2)13-9-11(19)10-14(20)16(13)21/h3-4,9-10,22H,5-8H2,1-2H3,(H,23,26)(H,24,25). The fraction of sp³-hybridized carbons (Fsp3) is 0.333. The molecule has 0 saturated carbocycles. The quantitative estimate of drug-likeness (QED) is 0.417. The molecule has 1 aromatic carbocycles. The summed E-state index contributed by atoms with van der Waals surface area (Å²) in [5, 5.41) is 9.92. The number of anilines is 1. The average molecular weight is 432 g/mol. The number of rotatable bonds is 9. The molecule has 0 radical (unpaired) electrons. The van der Waals surface area contributed by atoms with E-state index in [1.54, 1.807) is 31.3 Å². The molecular weight excluding hydrogens is 411 g/mol. The Morgan fingerprint density at radius 3 is 2.52 bits per heavy atom. The summed E-state index contributed by atoms with van der Waals surface area (Å²) in [5.41, 5.74) is 1.60. The number of hydrogen-bond acceptors (Lipinski definition) is 5. The maximum Gasteiger partial charge on any atom is 0.269 e. The molecule has 2 rings (SSSR count). The van der Waals surface area contributed by atoms with Gasteiger partial charge in [-0.25, -0.2) is 4.98 Å². The highest BCUT2D eigenvalue weighted by Crippen LogP contribution is 2.39. The highest BCUT2D eigenvalue weighted by atomic mass is 35.5. The maximum absolute atomic E-state index is 11.9. The highest BCUT2D eigenvalue weighted by Gasteiger charge is 2.16. The number of halogens is 3. The minimum absolute atomic E-state index is 0.282. The Balaban J connectivity index is 2.31. The van der Waals surface area contributed by atoms with E-state index in [1.165, 1.54) is 0 Å². The van der Waals surface area contributed by atoms with Gasteiger partial charge in [-0.1, -0.05) is 34.8 Å². The van der Waals surface area contributed by atoms with Crippen molar-refractivity contribution in [1.29, 1.82) is 0 Å². The largest absolute Gasteiger partial charge is 0.378 e. The fourth-order valence-electron chi connectivity index (χ4n) is 2.34. The van der Waals surface area contributed by atoms with Crippen LogP contribution in [0.25, 0.3) is 11.1 Å². The van der Waals surface area contributed by atoms with E-state index in [0.717, 1.165) is 6.54 Å². The summed E-state index contributed by atoms with van der Waals surface area (Å²) in [6, 6.07) is 6.66. The second kappa shape index (κ2) is 10.7. The molecular formula is C18H21Cl3N4O2. The van der Waals surface area contributed by atoms with Crippen molar-refractivity contribution < 1.29 is 9.53 Å². The molecule has 1 aromatic heterocycles. The zero-order valence-corrected chi connectivity index (χ0v) is 17.3. The van der Waals surface area contributed by atoms with Crippen molar-refractivity contribution >= 4 is 46.5 Å². The molecule has 0 atom stereocenters. The molecule has 146 valence electrons. The third-order valence-corrected chi connectivity index (χ3v) is 4.69. The van der Waals surface area contributed by atoms with Gasteiger partial charge in [-0.2, -0.15) is 0 Å². The summed E-state index contributed by atoms with van der Waals surface area (Å²) in [4.78, 5) is 16.4. The summed E-state index contributed by atoms with van der Waals surface area (Å²) >= 11 is 18.6. The van der Waals surface area contributed by atoms with Gasteiger partial charge in [0.1, 0.15) is 11.5 Å². The van der Waals surface area contributed by atoms with Crippen molar-refractivity contribution in [1.82, 2.24) is 15.6 Å². The van der Waals surface area contributed by atoms with Crippen molar-refractivity contribution in [2.24, 2.45) is 0 Å². The lowest BCUT2D eigenvalue weighted by atomic mass is 10.1. The van der Waals surface area contributed by atoms with E-state index >= 15 is 0 Å². The maximum atomic E-state index is 11.9. The third-order valence-electron chi connectivity index (χ3n) is 3.67. The van der Waals surface area contributed by atoms with Gasteiger partial charge < -0.3 is 20.7 Å². The Bertz CT molecular complexity index is 802. The van der Waals surface area contributed by atoms with Crippen LogP contribution in [0.2, 0.25) is 15.1 Å². The number of carbonyl (C=O) groups is 1. The van der Waals surface area contributed by atoms with Crippen molar-refractivity contribution in [3.05, 3.63) is 45.0 Å². The Morgan fingerprint density at radius 2 is 1.81 bits per heavy atom. The average Bonchev–Trinajstić information content (AvgIpc) is 2.66. The Hall–Kier alpha value is -1.57. The van der Waals surface area contributed by atoms with E-state index in [4.69, 9.17) is 39.5 Å². The van der Waals surface area contributed by atoms with Crippen LogP contribution in [-0.4, -0.2) is 51.3 Å². The first-order chi connectivity index (χ1) is 13.0. The summed E-state index contributed by atoms with van der Waals surface area (Å²) in [6.07, 6.45) is 0. The van der Waals surface area contributed by atoms with Gasteiger partial charge >= 0.3 is 0 Å². The first-order valence-electron chi connectivity index (χ1n) is 8.32. The van der Waals surface area contributed by atoms with E-state index in [1.807, 2.05) is 7.05 Å². The topological polar surface area (TPSA) is 75.3 Å². The number of pyridine rings is 1. The van der Waals surface area contributed by atoms with Gasteiger partial charge in [-0.15, -0.1) is 0 Å². The summed E-state index contributed by atoms with van der Waals surface area (Å²) in [7, 11) is 3.41. The van der Waals surface area contributed by atoms with Crippen LogP contribution < -0.4 is 16.0 Å². The van der Waals surface area contributed by atoms with Crippen LogP contribution in [0.3, 0.4) is 0 Å². The number of nitrogens with one attached hydrogen (secondary N) is 3. The number of amides is 1. The molecule has 0 fully saturated rings. The van der Waals surface area contributed by atoms with E-state index in [0.29, 0.717) is 51.8 Å². The van der Waals surface area contributed by atoms with Gasteiger partial charge in [0, 0.05) is 36.3 Å². The minimum atomic E-state index is -0.287. The van der Waals surface area contributed by atoms with Gasteiger partial charge in [0.25, 0.3) is 5.91 Å². The number of aromatic nitrogens is 1. The van der Waals surface area contributed by atoms with Crippen molar-refractivity contribution in [3.8, 4) is 11.1 Å². The molecule has 0 aliphatic carbocycles. The van der Waals surface area contributed by atoms with E-state index in [9.17, 15) is 4.79 Å². The lowest BCUT2D eigenvalue weighted by Crippen LogP contribution is -2.21. The Labute approximate surface area is 173 Å². The first kappa shape index (κ1) is 21.7. The zero-order valence-electron chi connectivity index (χ0n) is 15.0. The third kappa shape index (κ3) is 5.96. The predicted octanol–water partition coefficient (Wildman–Crippen LogP) is 3.72. The monoisotopic (exact) mass is 430 g/mol. The molecule has 27 heavy (non-hydrogen) atoms. The van der Waals surface area contributed by atoms with Gasteiger partial charge in [0.15, 0.2) is 0 Å². The number of hydrogen-bond donors (Lipinski definition) is 3. The van der Waals surface area contributed by atoms with Gasteiger partial charge in [0.05, 0.1) is 23.3 Å². The second-order valence-corrected chi connectivity index (χ2v) is 6.79. The van der Waals surface area contributed by atoms with Crippen LogP contribution in [-0.2, 0) is 4.74 Å². The lowest BCUT2D eigenvalue weighted by molar-refractivity contribution is 0.0958. The summed E-state index contributed by atoms with van der Waals surface area (Å²) in [6.45, 7) is 2.36. The molecule has 3 N–H and O–H groups in total. The van der Waals surface area contributed by atoms with E-state index in [2.05, 4.69) is 20.9 Å². The van der Waals surface area contributed by atoms with Gasteiger partial charge in [-0.3, -0.25) is 4.79 Å². The van der Waals surface area contributed by atoms with Crippen molar-refractivity contribution in [3.63, 3.8) is 0 Å². The molecule has 1 heterocycles. The van der Waals surface area contributed by atoms with Crippen LogP contribution in [0.15, 0.2) is 24.3 Å². The molecule has 0 saturated heterocycles. The van der Waals surface area contributed by atoms with Crippen LogP contribution in [0.4, 0.5) is 5.82 Å². The summed E-state index contributed by atoms with van der Waals surface area (Å²) < 4.78 is 5.50. The number of ether oxygens (including phenoxy) is 1. The molecule has 0 aliphatic heterocycles. The number of carbonyl (C=O) groups excluding carboxylic acids is 1. The van der Waals surface area contributed by atoms with Crippen molar-refractivity contribution in [2.75, 3.05) is 45.7 Å². The lowest BCUT2D eigenvalue weighted by Gasteiger charge is -2.15. The van der Waals surface area contributed by atoms with Crippen LogP contribution in [0.1, 0.15) is 10.5 Å². The first-order valence-corrected chi connectivity index (χ1v) is 9.45. The fourth-order valence-corrected chi connectivity index (χ4v) is 3.04. The summed E-state index contributed by atoms with van der Waals surface area (Å²) in [5.74, 6) is 0.207. The highest BCUT2D eigenvalue weighted by molar-refractivity contribution is 6.45. The second-order valence-electron chi connectivity index (χ2n) is 5.56. The van der Waals surface area contributed by atoms with E-state index in [-0.39, 0.29) is 11.6 Å². The van der Waals surface area contributed by atoms with Crippen molar-refractivity contribution in [2.45, 2.75) is 0 Å². The van der Waals surface area contributed by atoms with Crippen LogP contribution in [0.5, 0.6) is 0 Å².